The van der Waals surface area contributed by atoms with Crippen molar-refractivity contribution in [1.82, 2.24) is 14.5 Å². The Labute approximate surface area is 327 Å². The third-order valence-electron chi connectivity index (χ3n) is 13.6. The van der Waals surface area contributed by atoms with E-state index >= 15 is 0 Å². The summed E-state index contributed by atoms with van der Waals surface area (Å²) in [6, 6.07) is 11.9. The lowest BCUT2D eigenvalue weighted by atomic mass is 9.63. The van der Waals surface area contributed by atoms with Crippen LogP contribution in [0.25, 0.3) is 0 Å². The largest absolute Gasteiger partial charge is 0.490 e. The van der Waals surface area contributed by atoms with Crippen LogP contribution in [0, 0.1) is 17.8 Å². The van der Waals surface area contributed by atoms with Gasteiger partial charge in [-0.2, -0.15) is 0 Å². The molecular formula is C42H59ClN4O6S. The van der Waals surface area contributed by atoms with Gasteiger partial charge in [0, 0.05) is 75.0 Å². The maximum absolute atomic E-state index is 13.7. The average Bonchev–Trinajstić information content (AvgIpc) is 3.32. The van der Waals surface area contributed by atoms with Crippen LogP contribution in [0.1, 0.15) is 74.9 Å². The van der Waals surface area contributed by atoms with Gasteiger partial charge in [0.1, 0.15) is 11.4 Å². The highest BCUT2D eigenvalue weighted by atomic mass is 35.5. The van der Waals surface area contributed by atoms with Crippen molar-refractivity contribution in [3.05, 3.63) is 70.3 Å². The normalized spacial score (nSPS) is 34.0. The van der Waals surface area contributed by atoms with E-state index in [9.17, 15) is 13.2 Å². The first-order valence-corrected chi connectivity index (χ1v) is 22.0. The Morgan fingerprint density at radius 1 is 1.06 bits per heavy atom. The number of ether oxygens (including phenoxy) is 3. The smallest absolute Gasteiger partial charge is 0.264 e. The minimum absolute atomic E-state index is 0.229. The number of morpholine rings is 1. The number of carbonyl (C=O) groups excluding carboxylic acids is 1. The summed E-state index contributed by atoms with van der Waals surface area (Å²) in [6.45, 7) is 16.1. The topological polar surface area (TPSA) is 101 Å². The van der Waals surface area contributed by atoms with Crippen LogP contribution in [0.2, 0.25) is 5.02 Å². The third kappa shape index (κ3) is 7.70. The number of nitrogens with one attached hydrogen (secondary N) is 1. The molecule has 1 amide bonds. The first kappa shape index (κ1) is 39.6. The van der Waals surface area contributed by atoms with Crippen molar-refractivity contribution in [2.75, 3.05) is 77.6 Å². The lowest BCUT2D eigenvalue weighted by Crippen LogP contribution is -2.62. The Morgan fingerprint density at radius 3 is 2.63 bits per heavy atom. The molecule has 2 aromatic carbocycles. The molecule has 3 fully saturated rings. The first-order valence-electron chi connectivity index (χ1n) is 20.0. The molecule has 2 bridgehead atoms. The minimum Gasteiger partial charge on any atom is -0.490 e. The molecule has 1 aliphatic carbocycles. The molecule has 12 heteroatoms. The van der Waals surface area contributed by atoms with Gasteiger partial charge in [-0.3, -0.25) is 14.6 Å². The summed E-state index contributed by atoms with van der Waals surface area (Å²) < 4.78 is 49.0. The molecule has 1 saturated carbocycles. The van der Waals surface area contributed by atoms with Gasteiger partial charge in [-0.15, -0.1) is 0 Å². The Morgan fingerprint density at radius 2 is 1.89 bits per heavy atom. The molecule has 4 heterocycles. The van der Waals surface area contributed by atoms with Crippen molar-refractivity contribution in [2.45, 2.75) is 82.1 Å². The molecule has 5 aliphatic rings. The van der Waals surface area contributed by atoms with Crippen molar-refractivity contribution < 1.29 is 27.4 Å². The highest BCUT2D eigenvalue weighted by Gasteiger charge is 2.50. The zero-order valence-electron chi connectivity index (χ0n) is 32.7. The van der Waals surface area contributed by atoms with Gasteiger partial charge in [0.05, 0.1) is 30.8 Å². The predicted octanol–water partition coefficient (Wildman–Crippen LogP) is 5.92. The summed E-state index contributed by atoms with van der Waals surface area (Å²) in [5.41, 5.74) is 2.63. The molecule has 0 aromatic heterocycles. The van der Waals surface area contributed by atoms with E-state index in [1.54, 1.807) is 13.0 Å². The van der Waals surface area contributed by atoms with Gasteiger partial charge in [-0.1, -0.05) is 50.6 Å². The minimum atomic E-state index is -3.97. The quantitative estimate of drug-likeness (QED) is 0.358. The van der Waals surface area contributed by atoms with Gasteiger partial charge in [0.2, 0.25) is 10.0 Å². The van der Waals surface area contributed by atoms with Gasteiger partial charge in [-0.05, 0) is 98.2 Å². The van der Waals surface area contributed by atoms with Crippen molar-refractivity contribution in [3.8, 4) is 5.75 Å². The summed E-state index contributed by atoms with van der Waals surface area (Å²) >= 11 is 6.53. The number of methoxy groups -OCH3 is 1. The van der Waals surface area contributed by atoms with E-state index < -0.39 is 26.8 Å². The zero-order valence-corrected chi connectivity index (χ0v) is 34.3. The van der Waals surface area contributed by atoms with E-state index in [0.717, 1.165) is 88.9 Å². The number of piperazine rings is 1. The number of amides is 1. The SMILES string of the molecule is CCc1cc(Cl)ccc1[C@]1(CC)COc2ccc3cc2N(C[C@@H]2CC[C@H]2[C@@](CN2CCN4CCOC[C@H]4C2)(OC)/C=C/C[C@H](C)[C@@H](C)S(=O)(=O)NC3=O)C1. The number of aryl methyl sites for hydroxylation is 1. The molecule has 0 radical (unpaired) electrons. The number of sulfonamides is 1. The number of rotatable bonds is 6. The Bertz CT molecular complexity index is 1830. The summed E-state index contributed by atoms with van der Waals surface area (Å²) in [6.07, 6.45) is 8.71. The Balaban J connectivity index is 1.30. The second-order valence-electron chi connectivity index (χ2n) is 16.5. The number of halogens is 1. The highest BCUT2D eigenvalue weighted by Crippen LogP contribution is 2.48. The van der Waals surface area contributed by atoms with Crippen LogP contribution in [0.5, 0.6) is 5.75 Å². The monoisotopic (exact) mass is 782 g/mol. The molecular weight excluding hydrogens is 724 g/mol. The van der Waals surface area contributed by atoms with E-state index in [4.69, 9.17) is 25.8 Å². The van der Waals surface area contributed by atoms with Crippen LogP contribution in [0.15, 0.2) is 48.6 Å². The number of carbonyl (C=O) groups is 1. The molecule has 1 N–H and O–H groups in total. The maximum atomic E-state index is 13.7. The lowest BCUT2D eigenvalue weighted by Gasteiger charge is -2.53. The molecule has 2 aromatic rings. The van der Waals surface area contributed by atoms with E-state index in [0.29, 0.717) is 42.8 Å². The van der Waals surface area contributed by atoms with E-state index in [2.05, 4.69) is 57.6 Å². The number of anilines is 1. The number of allylic oxidation sites excluding steroid dienone is 1. The van der Waals surface area contributed by atoms with E-state index in [1.165, 1.54) is 11.1 Å². The van der Waals surface area contributed by atoms with Gasteiger partial charge in [0.15, 0.2) is 0 Å². The second kappa shape index (κ2) is 16.1. The fourth-order valence-electron chi connectivity index (χ4n) is 9.70. The van der Waals surface area contributed by atoms with E-state index in [1.807, 2.05) is 32.2 Å². The highest BCUT2D eigenvalue weighted by molar-refractivity contribution is 7.90. The van der Waals surface area contributed by atoms with Crippen molar-refractivity contribution in [1.29, 1.82) is 0 Å². The summed E-state index contributed by atoms with van der Waals surface area (Å²) in [4.78, 5) is 21.2. The van der Waals surface area contributed by atoms with Crippen LogP contribution in [-0.2, 0) is 31.3 Å². The number of nitrogens with zero attached hydrogens (tertiary/aromatic N) is 3. The lowest BCUT2D eigenvalue weighted by molar-refractivity contribution is -0.108. The molecule has 7 rings (SSSR count). The van der Waals surface area contributed by atoms with Gasteiger partial charge < -0.3 is 19.1 Å². The summed E-state index contributed by atoms with van der Waals surface area (Å²) in [7, 11) is -2.12. The van der Waals surface area contributed by atoms with Crippen LogP contribution in [0.4, 0.5) is 5.69 Å². The Hall–Kier alpha value is -2.67. The fraction of sp³-hybridized carbons (Fsp3) is 0.643. The molecule has 2 saturated heterocycles. The van der Waals surface area contributed by atoms with Crippen molar-refractivity contribution >= 4 is 33.2 Å². The maximum Gasteiger partial charge on any atom is 0.264 e. The van der Waals surface area contributed by atoms with Crippen LogP contribution >= 0.6 is 11.6 Å². The van der Waals surface area contributed by atoms with Crippen molar-refractivity contribution in [2.24, 2.45) is 17.8 Å². The first-order chi connectivity index (χ1) is 25.9. The number of hydrogen-bond acceptors (Lipinski definition) is 9. The molecule has 296 valence electrons. The number of hydrogen-bond donors (Lipinski definition) is 1. The molecule has 4 aliphatic heterocycles. The number of benzene rings is 2. The van der Waals surface area contributed by atoms with E-state index in [-0.39, 0.29) is 17.3 Å². The molecule has 54 heavy (non-hydrogen) atoms. The fourth-order valence-corrected chi connectivity index (χ4v) is 11.2. The molecule has 0 unspecified atom stereocenters. The predicted molar refractivity (Wildman–Crippen MR) is 214 cm³/mol. The van der Waals surface area contributed by atoms with Gasteiger partial charge in [-0.25, -0.2) is 13.1 Å². The Kier molecular flexibility index (Phi) is 11.8. The summed E-state index contributed by atoms with van der Waals surface area (Å²) in [5.74, 6) is 0.391. The van der Waals surface area contributed by atoms with Gasteiger partial charge >= 0.3 is 0 Å². The number of fused-ring (bicyclic) bond motifs is 3. The summed E-state index contributed by atoms with van der Waals surface area (Å²) in [5, 5.41) is -0.0672. The standard InChI is InChI=1S/C42H59ClN4O6S/c1-6-31-21-34(43)12-14-36(31)41(7-2)26-47-23-33-10-13-37(33)42(51-5,27-45-17-18-46-19-20-52-25-35(46)24-45)16-8-9-29(3)30(4)54(49,50)44-40(48)32-11-15-39(53-28-41)38(47)22-32/h8,11-12,14-16,21-22,29-30,33,35,37H,6-7,9-10,13,17-20,23-28H2,1-5H3,(H,44,48)/b16-8+/t29-,30+,33-,35+,37+,41-,42+/m0/s1. The van der Waals surface area contributed by atoms with Crippen LogP contribution in [-0.4, -0.2) is 114 Å². The molecule has 7 atom stereocenters. The van der Waals surface area contributed by atoms with Gasteiger partial charge in [0.25, 0.3) is 5.91 Å². The molecule has 10 nitrogen and oxygen atoms in total. The van der Waals surface area contributed by atoms with Crippen LogP contribution in [0.3, 0.4) is 0 Å². The second-order valence-corrected chi connectivity index (χ2v) is 19.0. The average molecular weight is 783 g/mol. The zero-order chi connectivity index (χ0) is 38.3. The third-order valence-corrected chi connectivity index (χ3v) is 15.7. The van der Waals surface area contributed by atoms with Crippen LogP contribution < -0.4 is 14.4 Å². The molecule has 0 spiro atoms. The van der Waals surface area contributed by atoms with Crippen molar-refractivity contribution in [3.63, 3.8) is 0 Å².